The molecule has 0 aliphatic heterocycles. The fourth-order valence-electron chi connectivity index (χ4n) is 1.80. The zero-order chi connectivity index (χ0) is 13.5. The van der Waals surface area contributed by atoms with E-state index < -0.39 is 0 Å². The summed E-state index contributed by atoms with van der Waals surface area (Å²) in [6.45, 7) is 0. The van der Waals surface area contributed by atoms with Gasteiger partial charge in [-0.15, -0.1) is 11.8 Å². The minimum absolute atomic E-state index is 0.323. The van der Waals surface area contributed by atoms with Crippen molar-refractivity contribution in [2.24, 2.45) is 0 Å². The molecule has 0 spiro atoms. The van der Waals surface area contributed by atoms with Crippen molar-refractivity contribution in [3.63, 3.8) is 0 Å². The molecule has 2 rings (SSSR count). The van der Waals surface area contributed by atoms with E-state index >= 15 is 0 Å². The summed E-state index contributed by atoms with van der Waals surface area (Å²) in [5.74, 6) is 1.87. The summed E-state index contributed by atoms with van der Waals surface area (Å²) >= 11 is 1.82. The van der Waals surface area contributed by atoms with E-state index in [2.05, 4.69) is 22.4 Å². The fraction of sp³-hybridized carbons (Fsp3) is 0.267. The first-order valence-electron chi connectivity index (χ1n) is 6.17. The number of hydrogen-bond acceptors (Lipinski definition) is 4. The van der Waals surface area contributed by atoms with Crippen molar-refractivity contribution < 1.29 is 4.74 Å². The molecule has 1 aromatic carbocycles. The van der Waals surface area contributed by atoms with Gasteiger partial charge in [-0.2, -0.15) is 0 Å². The van der Waals surface area contributed by atoms with Gasteiger partial charge in [0.2, 0.25) is 0 Å². The summed E-state index contributed by atoms with van der Waals surface area (Å²) in [7, 11) is 3.67. The third-order valence-electron chi connectivity index (χ3n) is 2.93. The first kappa shape index (κ1) is 13.9. The van der Waals surface area contributed by atoms with E-state index in [4.69, 9.17) is 4.74 Å². The summed E-state index contributed by atoms with van der Waals surface area (Å²) in [6.07, 6.45) is 3.65. The molecule has 0 aliphatic carbocycles. The van der Waals surface area contributed by atoms with Crippen LogP contribution in [0.5, 0.6) is 5.75 Å². The second-order valence-electron chi connectivity index (χ2n) is 4.11. The van der Waals surface area contributed by atoms with Gasteiger partial charge in [-0.25, -0.2) is 0 Å². The zero-order valence-corrected chi connectivity index (χ0v) is 12.0. The number of pyridine rings is 1. The maximum Gasteiger partial charge on any atom is 0.118 e. The van der Waals surface area contributed by atoms with Gasteiger partial charge in [0.15, 0.2) is 0 Å². The van der Waals surface area contributed by atoms with E-state index in [0.29, 0.717) is 6.04 Å². The van der Waals surface area contributed by atoms with Crippen LogP contribution in [0.4, 0.5) is 0 Å². The molecule has 3 nitrogen and oxygen atoms in total. The smallest absolute Gasteiger partial charge is 0.118 e. The normalized spacial score (nSPS) is 12.1. The third-order valence-corrected chi connectivity index (χ3v) is 4.04. The number of ether oxygens (including phenoxy) is 1. The molecule has 2 aromatic rings. The Hall–Kier alpha value is -1.52. The fourth-order valence-corrected chi connectivity index (χ4v) is 2.83. The van der Waals surface area contributed by atoms with Gasteiger partial charge in [0.05, 0.1) is 7.11 Å². The van der Waals surface area contributed by atoms with E-state index in [1.54, 1.807) is 7.11 Å². The van der Waals surface area contributed by atoms with E-state index in [1.807, 2.05) is 55.5 Å². The Balaban J connectivity index is 1.99. The summed E-state index contributed by atoms with van der Waals surface area (Å²) in [5.41, 5.74) is 1.27. The van der Waals surface area contributed by atoms with Crippen molar-refractivity contribution >= 4 is 11.8 Å². The molecule has 0 fully saturated rings. The van der Waals surface area contributed by atoms with Crippen LogP contribution >= 0.6 is 11.8 Å². The Kier molecular flexibility index (Phi) is 5.24. The number of aromatic nitrogens is 1. The quantitative estimate of drug-likeness (QED) is 0.821. The first-order valence-corrected chi connectivity index (χ1v) is 7.16. The van der Waals surface area contributed by atoms with Gasteiger partial charge in [-0.05, 0) is 36.9 Å². The molecule has 1 atom stereocenters. The molecule has 4 heteroatoms. The lowest BCUT2D eigenvalue weighted by Crippen LogP contribution is -2.18. The van der Waals surface area contributed by atoms with Gasteiger partial charge >= 0.3 is 0 Å². The number of rotatable bonds is 6. The molecule has 0 amide bonds. The van der Waals surface area contributed by atoms with Crippen molar-refractivity contribution in [3.8, 4) is 5.75 Å². The Morgan fingerprint density at radius 3 is 2.42 bits per heavy atom. The number of nitrogens with zero attached hydrogens (tertiary/aromatic N) is 1. The van der Waals surface area contributed by atoms with Gasteiger partial charge < -0.3 is 10.1 Å². The summed E-state index contributed by atoms with van der Waals surface area (Å²) < 4.78 is 5.18. The molecule has 0 saturated heterocycles. The van der Waals surface area contributed by atoms with Crippen LogP contribution in [-0.4, -0.2) is 24.9 Å². The molecule has 100 valence electrons. The Bertz CT molecular complexity index is 487. The molecule has 0 aliphatic rings. The molecular weight excluding hydrogens is 256 g/mol. The Morgan fingerprint density at radius 2 is 1.84 bits per heavy atom. The largest absolute Gasteiger partial charge is 0.497 e. The van der Waals surface area contributed by atoms with Crippen molar-refractivity contribution in [2.75, 3.05) is 19.9 Å². The Morgan fingerprint density at radius 1 is 1.16 bits per heavy atom. The number of nitrogens with one attached hydrogen (secondary N) is 1. The maximum absolute atomic E-state index is 5.18. The van der Waals surface area contributed by atoms with Gasteiger partial charge in [-0.3, -0.25) is 4.98 Å². The molecular formula is C15H18N2OS. The average Bonchev–Trinajstić information content (AvgIpc) is 2.49. The maximum atomic E-state index is 5.18. The molecule has 0 radical (unpaired) electrons. The highest BCUT2D eigenvalue weighted by molar-refractivity contribution is 7.99. The second kappa shape index (κ2) is 7.16. The van der Waals surface area contributed by atoms with Gasteiger partial charge in [0.25, 0.3) is 0 Å². The highest BCUT2D eigenvalue weighted by Crippen LogP contribution is 2.25. The van der Waals surface area contributed by atoms with Crippen molar-refractivity contribution in [3.05, 3.63) is 54.4 Å². The lowest BCUT2D eigenvalue weighted by Gasteiger charge is -2.16. The van der Waals surface area contributed by atoms with E-state index in [-0.39, 0.29) is 0 Å². The van der Waals surface area contributed by atoms with Crippen molar-refractivity contribution in [1.82, 2.24) is 10.3 Å². The molecule has 19 heavy (non-hydrogen) atoms. The number of thioether (sulfide) groups is 1. The first-order chi connectivity index (χ1) is 9.33. The van der Waals surface area contributed by atoms with Gasteiger partial charge in [0.1, 0.15) is 5.75 Å². The molecule has 0 saturated carbocycles. The molecule has 1 N–H and O–H groups in total. The van der Waals surface area contributed by atoms with Crippen LogP contribution in [0.3, 0.4) is 0 Å². The van der Waals surface area contributed by atoms with Crippen LogP contribution in [0.25, 0.3) is 0 Å². The van der Waals surface area contributed by atoms with E-state index in [0.717, 1.165) is 11.5 Å². The predicted octanol–water partition coefficient (Wildman–Crippen LogP) is 3.14. The van der Waals surface area contributed by atoms with Crippen molar-refractivity contribution in [2.45, 2.75) is 10.9 Å². The minimum atomic E-state index is 0.323. The lowest BCUT2D eigenvalue weighted by molar-refractivity contribution is 0.414. The second-order valence-corrected chi connectivity index (χ2v) is 5.20. The van der Waals surface area contributed by atoms with E-state index in [9.17, 15) is 0 Å². The van der Waals surface area contributed by atoms with Crippen LogP contribution in [0, 0.1) is 0 Å². The van der Waals surface area contributed by atoms with Gasteiger partial charge in [0, 0.05) is 29.1 Å². The van der Waals surface area contributed by atoms with Crippen LogP contribution in [0.2, 0.25) is 0 Å². The number of methoxy groups -OCH3 is 1. The molecule has 1 unspecified atom stereocenters. The standard InChI is InChI=1S/C15H18N2OS/c1-16-15(11-19-14-7-9-17-10-8-14)12-3-5-13(18-2)6-4-12/h3-10,15-16H,11H2,1-2H3. The van der Waals surface area contributed by atoms with Crippen LogP contribution in [0.15, 0.2) is 53.7 Å². The lowest BCUT2D eigenvalue weighted by atomic mass is 10.1. The monoisotopic (exact) mass is 274 g/mol. The third kappa shape index (κ3) is 3.98. The molecule has 0 bridgehead atoms. The van der Waals surface area contributed by atoms with Crippen LogP contribution in [-0.2, 0) is 0 Å². The average molecular weight is 274 g/mol. The highest BCUT2D eigenvalue weighted by atomic mass is 32.2. The molecule has 1 heterocycles. The van der Waals surface area contributed by atoms with Crippen LogP contribution < -0.4 is 10.1 Å². The van der Waals surface area contributed by atoms with Crippen LogP contribution in [0.1, 0.15) is 11.6 Å². The van der Waals surface area contributed by atoms with E-state index in [1.165, 1.54) is 10.5 Å². The Labute approximate surface area is 118 Å². The summed E-state index contributed by atoms with van der Waals surface area (Å²) in [6, 6.07) is 12.6. The zero-order valence-electron chi connectivity index (χ0n) is 11.2. The van der Waals surface area contributed by atoms with Crippen molar-refractivity contribution in [1.29, 1.82) is 0 Å². The predicted molar refractivity (Wildman–Crippen MR) is 79.8 cm³/mol. The topological polar surface area (TPSA) is 34.2 Å². The summed E-state index contributed by atoms with van der Waals surface area (Å²) in [5, 5.41) is 3.35. The minimum Gasteiger partial charge on any atom is -0.497 e. The highest BCUT2D eigenvalue weighted by Gasteiger charge is 2.09. The van der Waals surface area contributed by atoms with Gasteiger partial charge in [-0.1, -0.05) is 12.1 Å². The number of benzene rings is 1. The number of hydrogen-bond donors (Lipinski definition) is 1. The SMILES string of the molecule is CNC(CSc1ccncc1)c1ccc(OC)cc1. The molecule has 1 aromatic heterocycles. The summed E-state index contributed by atoms with van der Waals surface area (Å²) in [4.78, 5) is 5.27.